The van der Waals surface area contributed by atoms with Crippen LogP contribution in [0.25, 0.3) is 11.1 Å². The van der Waals surface area contributed by atoms with Crippen molar-refractivity contribution in [3.8, 4) is 16.9 Å². The van der Waals surface area contributed by atoms with Crippen LogP contribution >= 0.6 is 0 Å². The molecule has 4 rings (SSSR count). The molecular weight excluding hydrogens is 498 g/mol. The molecule has 6 nitrogen and oxygen atoms in total. The molecule has 0 radical (unpaired) electrons. The Bertz CT molecular complexity index is 1520. The van der Waals surface area contributed by atoms with E-state index < -0.39 is 0 Å². The quantitative estimate of drug-likeness (QED) is 0.221. The summed E-state index contributed by atoms with van der Waals surface area (Å²) in [5.74, 6) is 1.68. The molecular formula is C34H41N3O3. The van der Waals surface area contributed by atoms with Crippen molar-refractivity contribution in [1.29, 1.82) is 0 Å². The minimum absolute atomic E-state index is 0.0541. The van der Waals surface area contributed by atoms with Crippen molar-refractivity contribution in [2.75, 3.05) is 7.11 Å². The monoisotopic (exact) mass is 539 g/mol. The van der Waals surface area contributed by atoms with Crippen LogP contribution in [0.15, 0.2) is 71.5 Å². The second kappa shape index (κ2) is 12.5. The van der Waals surface area contributed by atoms with Crippen molar-refractivity contribution in [3.05, 3.63) is 105 Å². The molecule has 0 saturated carbocycles. The van der Waals surface area contributed by atoms with Crippen LogP contribution in [0.3, 0.4) is 0 Å². The number of carbonyl (C=O) groups is 1. The Hall–Kier alpha value is -3.93. The molecule has 210 valence electrons. The number of rotatable bonds is 11. The average Bonchev–Trinajstić information content (AvgIpc) is 3.22. The summed E-state index contributed by atoms with van der Waals surface area (Å²) in [5.41, 5.74) is 6.69. The van der Waals surface area contributed by atoms with E-state index in [1.54, 1.807) is 23.3 Å². The maximum Gasteiger partial charge on any atom is 0.346 e. The largest absolute Gasteiger partial charge is 0.496 e. The van der Waals surface area contributed by atoms with Gasteiger partial charge in [-0.2, -0.15) is 5.10 Å². The topological polar surface area (TPSA) is 66.1 Å². The Labute approximate surface area is 237 Å². The molecule has 0 spiro atoms. The first kappa shape index (κ1) is 29.1. The molecule has 3 aromatic carbocycles. The first-order valence-electron chi connectivity index (χ1n) is 14.1. The van der Waals surface area contributed by atoms with Crippen LogP contribution in [0.5, 0.6) is 5.75 Å². The highest BCUT2D eigenvalue weighted by atomic mass is 16.5. The molecule has 0 aliphatic carbocycles. The number of hydrogen-bond donors (Lipinski definition) is 0. The lowest BCUT2D eigenvalue weighted by Gasteiger charge is -2.19. The Kier molecular flexibility index (Phi) is 9.08. The maximum atomic E-state index is 13.1. The van der Waals surface area contributed by atoms with Crippen molar-refractivity contribution in [2.24, 2.45) is 0 Å². The van der Waals surface area contributed by atoms with Gasteiger partial charge in [-0.1, -0.05) is 81.4 Å². The number of nitrogens with zero attached hydrogens (tertiary/aromatic N) is 3. The molecule has 0 fully saturated rings. The molecule has 1 heterocycles. The predicted molar refractivity (Wildman–Crippen MR) is 161 cm³/mol. The van der Waals surface area contributed by atoms with E-state index in [2.05, 4.69) is 69.3 Å². The fourth-order valence-corrected chi connectivity index (χ4v) is 5.07. The maximum absolute atomic E-state index is 13.1. The lowest BCUT2D eigenvalue weighted by atomic mass is 9.87. The van der Waals surface area contributed by atoms with Gasteiger partial charge < -0.3 is 4.74 Å². The van der Waals surface area contributed by atoms with Gasteiger partial charge in [-0.15, -0.1) is 0 Å². The second-order valence-corrected chi connectivity index (χ2v) is 11.5. The fourth-order valence-electron chi connectivity index (χ4n) is 5.07. The fraction of sp³-hybridized carbons (Fsp3) is 0.382. The van der Waals surface area contributed by atoms with Crippen LogP contribution < -0.4 is 10.4 Å². The van der Waals surface area contributed by atoms with Gasteiger partial charge in [0.15, 0.2) is 0 Å². The summed E-state index contributed by atoms with van der Waals surface area (Å²) >= 11 is 0. The lowest BCUT2D eigenvalue weighted by molar-refractivity contribution is -0.116. The summed E-state index contributed by atoms with van der Waals surface area (Å²) in [5, 5.41) is 4.72. The normalized spacial score (nSPS) is 11.6. The molecule has 1 aromatic heterocycles. The van der Waals surface area contributed by atoms with Crippen LogP contribution in [0, 0.1) is 0 Å². The van der Waals surface area contributed by atoms with Gasteiger partial charge in [0.25, 0.3) is 0 Å². The summed E-state index contributed by atoms with van der Waals surface area (Å²) in [6, 6.07) is 23.0. The third-order valence-electron chi connectivity index (χ3n) is 7.32. The van der Waals surface area contributed by atoms with Crippen molar-refractivity contribution in [3.63, 3.8) is 0 Å². The molecule has 0 unspecified atom stereocenters. The summed E-state index contributed by atoms with van der Waals surface area (Å²) in [6.45, 7) is 11.3. The average molecular weight is 540 g/mol. The molecule has 6 heteroatoms. The molecule has 0 bridgehead atoms. The molecule has 0 N–H and O–H groups in total. The number of aryl methyl sites for hydroxylation is 2. The van der Waals surface area contributed by atoms with Crippen LogP contribution in [0.1, 0.15) is 69.1 Å². The Morgan fingerprint density at radius 3 is 2.30 bits per heavy atom. The molecule has 40 heavy (non-hydrogen) atoms. The zero-order valence-electron chi connectivity index (χ0n) is 24.7. The highest BCUT2D eigenvalue weighted by Gasteiger charge is 2.15. The van der Waals surface area contributed by atoms with Crippen LogP contribution in [-0.4, -0.2) is 27.2 Å². The number of carbonyl (C=O) groups excluding carboxylic acids is 1. The van der Waals surface area contributed by atoms with E-state index in [4.69, 9.17) is 9.84 Å². The van der Waals surface area contributed by atoms with Crippen molar-refractivity contribution < 1.29 is 9.53 Å². The van der Waals surface area contributed by atoms with Gasteiger partial charge in [0.05, 0.1) is 13.7 Å². The Balaban J connectivity index is 1.44. The standard InChI is InChI=1S/C34H41N3O3/c1-7-36-32(35-37(33(36)39)23-26-14-18-30(19-15-26)34(3,4)5)13-9-11-25-10-8-12-27(21-25)28-16-17-29(20-24(2)38)31(22-28)40-6/h8,10,12,14-19,21-22H,7,9,11,13,20,23H2,1-6H3. The van der Waals surface area contributed by atoms with Gasteiger partial charge in [0.2, 0.25) is 0 Å². The molecule has 4 aromatic rings. The van der Waals surface area contributed by atoms with E-state index in [-0.39, 0.29) is 16.9 Å². The van der Waals surface area contributed by atoms with Gasteiger partial charge in [0, 0.05) is 24.9 Å². The number of hydrogen-bond acceptors (Lipinski definition) is 4. The van der Waals surface area contributed by atoms with Crippen LogP contribution in [0.4, 0.5) is 0 Å². The van der Waals surface area contributed by atoms with Crippen molar-refractivity contribution in [1.82, 2.24) is 14.3 Å². The van der Waals surface area contributed by atoms with E-state index >= 15 is 0 Å². The SMILES string of the molecule is CCn1c(CCCc2cccc(-c3ccc(CC(C)=O)c(OC)c3)c2)nn(Cc2ccc(C(C)(C)C)cc2)c1=O. The summed E-state index contributed by atoms with van der Waals surface area (Å²) in [7, 11) is 1.64. The molecule has 0 aliphatic heterocycles. The van der Waals surface area contributed by atoms with E-state index in [1.807, 2.05) is 25.1 Å². The highest BCUT2D eigenvalue weighted by molar-refractivity contribution is 5.79. The third kappa shape index (κ3) is 6.98. The van der Waals surface area contributed by atoms with Gasteiger partial charge in [0.1, 0.15) is 17.4 Å². The molecule has 0 saturated heterocycles. The lowest BCUT2D eigenvalue weighted by Crippen LogP contribution is -2.25. The number of benzene rings is 3. The third-order valence-corrected chi connectivity index (χ3v) is 7.32. The summed E-state index contributed by atoms with van der Waals surface area (Å²) in [4.78, 5) is 24.6. The van der Waals surface area contributed by atoms with E-state index in [9.17, 15) is 9.59 Å². The number of ether oxygens (including phenoxy) is 1. The molecule has 0 amide bonds. The highest BCUT2D eigenvalue weighted by Crippen LogP contribution is 2.29. The molecule has 0 aliphatic rings. The van der Waals surface area contributed by atoms with Crippen molar-refractivity contribution in [2.45, 2.75) is 78.8 Å². The predicted octanol–water partition coefficient (Wildman–Crippen LogP) is 6.39. The first-order chi connectivity index (χ1) is 19.1. The zero-order chi connectivity index (χ0) is 28.9. The summed E-state index contributed by atoms with van der Waals surface area (Å²) in [6.07, 6.45) is 2.87. The van der Waals surface area contributed by atoms with E-state index in [0.717, 1.165) is 53.1 Å². The number of aromatic nitrogens is 3. The van der Waals surface area contributed by atoms with Gasteiger partial charge in [-0.3, -0.25) is 9.36 Å². The number of methoxy groups -OCH3 is 1. The van der Waals surface area contributed by atoms with Gasteiger partial charge in [-0.25, -0.2) is 9.48 Å². The smallest absolute Gasteiger partial charge is 0.346 e. The summed E-state index contributed by atoms with van der Waals surface area (Å²) < 4.78 is 8.93. The minimum atomic E-state index is -0.0541. The van der Waals surface area contributed by atoms with E-state index in [1.165, 1.54) is 11.1 Å². The number of ketones is 1. The van der Waals surface area contributed by atoms with Crippen LogP contribution in [0.2, 0.25) is 0 Å². The Morgan fingerprint density at radius 2 is 1.65 bits per heavy atom. The van der Waals surface area contributed by atoms with E-state index in [0.29, 0.717) is 19.5 Å². The molecule has 0 atom stereocenters. The van der Waals surface area contributed by atoms with Crippen LogP contribution in [-0.2, 0) is 42.6 Å². The van der Waals surface area contributed by atoms with Crippen molar-refractivity contribution >= 4 is 5.78 Å². The zero-order valence-corrected chi connectivity index (χ0v) is 24.7. The second-order valence-electron chi connectivity index (χ2n) is 11.5. The number of Topliss-reactive ketones (excluding diaryl/α,β-unsaturated/α-hetero) is 1. The first-order valence-corrected chi connectivity index (χ1v) is 14.1. The Morgan fingerprint density at radius 1 is 0.925 bits per heavy atom. The van der Waals surface area contributed by atoms with Gasteiger partial charge in [-0.05, 0) is 66.0 Å². The minimum Gasteiger partial charge on any atom is -0.496 e. The van der Waals surface area contributed by atoms with Gasteiger partial charge >= 0.3 is 5.69 Å².